The summed E-state index contributed by atoms with van der Waals surface area (Å²) in [6.45, 7) is 0.115. The number of aromatic amines is 1. The van der Waals surface area contributed by atoms with Crippen LogP contribution in [0, 0.1) is 4.77 Å². The molecule has 2 rings (SSSR count). The first-order chi connectivity index (χ1) is 9.56. The number of pyridine rings is 1. The number of hydrogen-bond acceptors (Lipinski definition) is 5. The lowest BCUT2D eigenvalue weighted by atomic mass is 10.2. The summed E-state index contributed by atoms with van der Waals surface area (Å²) in [6, 6.07) is 2.99. The smallest absolute Gasteiger partial charge is 0.252 e. The van der Waals surface area contributed by atoms with Crippen molar-refractivity contribution >= 4 is 23.8 Å². The molecule has 2 N–H and O–H groups in total. The molecule has 6 nitrogen and oxygen atoms in total. The van der Waals surface area contributed by atoms with Crippen molar-refractivity contribution in [1.29, 1.82) is 0 Å². The van der Waals surface area contributed by atoms with Crippen molar-refractivity contribution in [2.45, 2.75) is 6.54 Å². The summed E-state index contributed by atoms with van der Waals surface area (Å²) < 4.78 is 6.98. The minimum atomic E-state index is -0.346. The molecule has 0 unspecified atom stereocenters. The van der Waals surface area contributed by atoms with E-state index >= 15 is 0 Å². The number of rotatable bonds is 4. The van der Waals surface area contributed by atoms with Gasteiger partial charge < -0.3 is 14.4 Å². The van der Waals surface area contributed by atoms with Crippen LogP contribution in [0.5, 0.6) is 5.88 Å². The Morgan fingerprint density at radius 3 is 2.95 bits per heavy atom. The van der Waals surface area contributed by atoms with Crippen LogP contribution in [-0.4, -0.2) is 33.4 Å². The van der Waals surface area contributed by atoms with Crippen LogP contribution in [0.15, 0.2) is 23.1 Å². The van der Waals surface area contributed by atoms with E-state index in [9.17, 15) is 4.79 Å². The van der Waals surface area contributed by atoms with E-state index in [4.69, 9.17) is 33.7 Å². The third-order valence-electron chi connectivity index (χ3n) is 2.64. The number of aliphatic hydroxyl groups is 1. The average molecular weight is 314 g/mol. The standard InChI is InChI=1S/C12H12ClN3O3S/c1-19-11-8(4-7(13)6-14-11)9-5-10(18)15-12(20)16(9)2-3-17/h4-6,17H,2-3H2,1H3,(H,15,18,20). The van der Waals surface area contributed by atoms with Crippen molar-refractivity contribution in [2.75, 3.05) is 13.7 Å². The van der Waals surface area contributed by atoms with Gasteiger partial charge in [0.2, 0.25) is 5.88 Å². The molecule has 0 amide bonds. The quantitative estimate of drug-likeness (QED) is 0.839. The van der Waals surface area contributed by atoms with Crippen molar-refractivity contribution in [3.63, 3.8) is 0 Å². The van der Waals surface area contributed by atoms with Crippen LogP contribution >= 0.6 is 23.8 Å². The molecule has 0 aliphatic heterocycles. The number of halogens is 1. The highest BCUT2D eigenvalue weighted by atomic mass is 35.5. The Labute approximate surface area is 124 Å². The normalized spacial score (nSPS) is 10.6. The molecule has 20 heavy (non-hydrogen) atoms. The fourth-order valence-corrected chi connectivity index (χ4v) is 2.29. The summed E-state index contributed by atoms with van der Waals surface area (Å²) >= 11 is 11.1. The maximum absolute atomic E-state index is 11.6. The fraction of sp³-hybridized carbons (Fsp3) is 0.250. The molecule has 0 bridgehead atoms. The molecule has 2 aromatic rings. The predicted molar refractivity (Wildman–Crippen MR) is 77.8 cm³/mol. The van der Waals surface area contributed by atoms with Crippen LogP contribution in [0.2, 0.25) is 5.02 Å². The number of nitrogens with one attached hydrogen (secondary N) is 1. The maximum Gasteiger partial charge on any atom is 0.252 e. The van der Waals surface area contributed by atoms with Gasteiger partial charge in [-0.1, -0.05) is 11.6 Å². The zero-order valence-electron chi connectivity index (χ0n) is 10.6. The minimum Gasteiger partial charge on any atom is -0.481 e. The van der Waals surface area contributed by atoms with Crippen LogP contribution in [0.25, 0.3) is 11.3 Å². The molecule has 0 atom stereocenters. The zero-order valence-corrected chi connectivity index (χ0v) is 12.2. The second-order valence-corrected chi connectivity index (χ2v) is 4.73. The highest BCUT2D eigenvalue weighted by Crippen LogP contribution is 2.29. The lowest BCUT2D eigenvalue weighted by Crippen LogP contribution is -2.16. The zero-order chi connectivity index (χ0) is 14.7. The highest BCUT2D eigenvalue weighted by Gasteiger charge is 2.13. The number of hydrogen-bond donors (Lipinski definition) is 2. The summed E-state index contributed by atoms with van der Waals surface area (Å²) in [5.41, 5.74) is 0.673. The Balaban J connectivity index is 2.77. The van der Waals surface area contributed by atoms with E-state index < -0.39 is 0 Å². The first-order valence-corrected chi connectivity index (χ1v) is 6.50. The van der Waals surface area contributed by atoms with Gasteiger partial charge in [-0.2, -0.15) is 0 Å². The van der Waals surface area contributed by atoms with Crippen molar-refractivity contribution in [3.05, 3.63) is 38.5 Å². The van der Waals surface area contributed by atoms with Crippen molar-refractivity contribution in [3.8, 4) is 17.1 Å². The van der Waals surface area contributed by atoms with E-state index in [0.29, 0.717) is 22.2 Å². The van der Waals surface area contributed by atoms with E-state index in [1.54, 1.807) is 10.6 Å². The number of aromatic nitrogens is 3. The Morgan fingerprint density at radius 2 is 2.30 bits per heavy atom. The summed E-state index contributed by atoms with van der Waals surface area (Å²) in [5.74, 6) is 0.320. The molecule has 2 heterocycles. The Morgan fingerprint density at radius 1 is 1.55 bits per heavy atom. The molecule has 0 aliphatic rings. The Hall–Kier alpha value is -1.70. The number of aliphatic hydroxyl groups excluding tert-OH is 1. The Bertz CT molecular complexity index is 741. The predicted octanol–water partition coefficient (Wildman–Crippen LogP) is 1.62. The van der Waals surface area contributed by atoms with Crippen LogP contribution in [0.1, 0.15) is 0 Å². The molecule has 8 heteroatoms. The van der Waals surface area contributed by atoms with E-state index in [1.807, 2.05) is 0 Å². The lowest BCUT2D eigenvalue weighted by molar-refractivity contribution is 0.275. The topological polar surface area (TPSA) is 80.1 Å². The maximum atomic E-state index is 11.6. The second-order valence-electron chi connectivity index (χ2n) is 3.91. The molecule has 2 aromatic heterocycles. The second kappa shape index (κ2) is 6.17. The van der Waals surface area contributed by atoms with Gasteiger partial charge in [0, 0.05) is 18.8 Å². The third-order valence-corrected chi connectivity index (χ3v) is 3.17. The molecular formula is C12H12ClN3O3S. The number of nitrogens with zero attached hydrogens (tertiary/aromatic N) is 2. The van der Waals surface area contributed by atoms with Crippen LogP contribution < -0.4 is 10.3 Å². The number of H-pyrrole nitrogens is 1. The van der Waals surface area contributed by atoms with Gasteiger partial charge in [-0.25, -0.2) is 4.98 Å². The van der Waals surface area contributed by atoms with Crippen LogP contribution in [0.4, 0.5) is 0 Å². The van der Waals surface area contributed by atoms with Gasteiger partial charge in [0.1, 0.15) is 0 Å². The monoisotopic (exact) mass is 313 g/mol. The molecule has 0 radical (unpaired) electrons. The number of methoxy groups -OCH3 is 1. The molecule has 0 aromatic carbocycles. The van der Waals surface area contributed by atoms with Gasteiger partial charge in [0.05, 0.1) is 30.0 Å². The van der Waals surface area contributed by atoms with Crippen LogP contribution in [-0.2, 0) is 6.54 Å². The lowest BCUT2D eigenvalue weighted by Gasteiger charge is -2.14. The first-order valence-electron chi connectivity index (χ1n) is 5.71. The largest absolute Gasteiger partial charge is 0.481 e. The van der Waals surface area contributed by atoms with Gasteiger partial charge in [-0.3, -0.25) is 9.78 Å². The third kappa shape index (κ3) is 2.90. The molecule has 0 aliphatic carbocycles. The first kappa shape index (κ1) is 14.7. The summed E-state index contributed by atoms with van der Waals surface area (Å²) in [5, 5.41) is 9.54. The van der Waals surface area contributed by atoms with E-state index in [0.717, 1.165) is 0 Å². The average Bonchev–Trinajstić information content (AvgIpc) is 2.41. The molecule has 106 valence electrons. The van der Waals surface area contributed by atoms with E-state index in [1.165, 1.54) is 19.4 Å². The molecular weight excluding hydrogens is 302 g/mol. The summed E-state index contributed by atoms with van der Waals surface area (Å²) in [6.07, 6.45) is 1.45. The molecule has 0 spiro atoms. The van der Waals surface area contributed by atoms with E-state index in [2.05, 4.69) is 9.97 Å². The van der Waals surface area contributed by atoms with Crippen molar-refractivity contribution in [2.24, 2.45) is 0 Å². The van der Waals surface area contributed by atoms with Crippen LogP contribution in [0.3, 0.4) is 0 Å². The summed E-state index contributed by atoms with van der Waals surface area (Å²) in [7, 11) is 1.47. The van der Waals surface area contributed by atoms with Gasteiger partial charge in [0.15, 0.2) is 4.77 Å². The molecule has 0 saturated carbocycles. The highest BCUT2D eigenvalue weighted by molar-refractivity contribution is 7.71. The summed E-state index contributed by atoms with van der Waals surface area (Å²) in [4.78, 5) is 18.2. The molecule has 0 saturated heterocycles. The SMILES string of the molecule is COc1ncc(Cl)cc1-c1cc(=O)[nH]c(=S)n1CCO. The van der Waals surface area contributed by atoms with Crippen molar-refractivity contribution in [1.82, 2.24) is 14.5 Å². The van der Waals surface area contributed by atoms with Gasteiger partial charge in [-0.15, -0.1) is 0 Å². The molecule has 0 fully saturated rings. The van der Waals surface area contributed by atoms with E-state index in [-0.39, 0.29) is 23.5 Å². The van der Waals surface area contributed by atoms with Gasteiger partial charge >= 0.3 is 0 Å². The van der Waals surface area contributed by atoms with Crippen molar-refractivity contribution < 1.29 is 9.84 Å². The fourth-order valence-electron chi connectivity index (χ4n) is 1.84. The minimum absolute atomic E-state index is 0.121. The van der Waals surface area contributed by atoms with Gasteiger partial charge in [-0.05, 0) is 18.3 Å². The van der Waals surface area contributed by atoms with Gasteiger partial charge in [0.25, 0.3) is 5.56 Å². The Kier molecular flexibility index (Phi) is 4.53. The number of ether oxygens (including phenoxy) is 1.